The Labute approximate surface area is 141 Å². The highest BCUT2D eigenvalue weighted by Crippen LogP contribution is 2.37. The molecule has 1 saturated heterocycles. The van der Waals surface area contributed by atoms with Crippen molar-refractivity contribution in [3.8, 4) is 0 Å². The third-order valence-corrected chi connectivity index (χ3v) is 5.16. The Morgan fingerprint density at radius 1 is 1.09 bits per heavy atom. The number of piperazine rings is 1. The van der Waals surface area contributed by atoms with Crippen LogP contribution in [0.2, 0.25) is 0 Å². The zero-order chi connectivity index (χ0) is 16.4. The summed E-state index contributed by atoms with van der Waals surface area (Å²) in [7, 11) is 0. The second kappa shape index (κ2) is 6.76. The first kappa shape index (κ1) is 16.7. The topological polar surface area (TPSA) is 32.3 Å². The van der Waals surface area contributed by atoms with Crippen molar-refractivity contribution < 1.29 is 0 Å². The first-order chi connectivity index (χ1) is 11.0. The highest BCUT2D eigenvalue weighted by atomic mass is 15.3. The third-order valence-electron chi connectivity index (χ3n) is 5.16. The Balaban J connectivity index is 1.80. The van der Waals surface area contributed by atoms with E-state index >= 15 is 0 Å². The van der Waals surface area contributed by atoms with Gasteiger partial charge in [0, 0.05) is 49.3 Å². The van der Waals surface area contributed by atoms with Gasteiger partial charge in [0.05, 0.1) is 0 Å². The zero-order valence-corrected chi connectivity index (χ0v) is 15.3. The summed E-state index contributed by atoms with van der Waals surface area (Å²) in [5.74, 6) is 2.83. The zero-order valence-electron chi connectivity index (χ0n) is 15.3. The van der Waals surface area contributed by atoms with Gasteiger partial charge in [-0.1, -0.05) is 34.1 Å². The van der Waals surface area contributed by atoms with Gasteiger partial charge in [-0.25, -0.2) is 9.97 Å². The molecule has 0 spiro atoms. The summed E-state index contributed by atoms with van der Waals surface area (Å²) in [4.78, 5) is 14.9. The number of anilines is 1. The van der Waals surface area contributed by atoms with E-state index in [1.54, 1.807) is 0 Å². The third kappa shape index (κ3) is 3.85. The van der Waals surface area contributed by atoms with Crippen LogP contribution >= 0.6 is 0 Å². The van der Waals surface area contributed by atoms with Gasteiger partial charge < -0.3 is 4.90 Å². The van der Waals surface area contributed by atoms with E-state index in [9.17, 15) is 0 Å². The summed E-state index contributed by atoms with van der Waals surface area (Å²) in [6.45, 7) is 14.6. The number of rotatable bonds is 4. The predicted molar refractivity (Wildman–Crippen MR) is 96.3 cm³/mol. The summed E-state index contributed by atoms with van der Waals surface area (Å²) in [5.41, 5.74) is 1.29. The van der Waals surface area contributed by atoms with Crippen LogP contribution in [0.3, 0.4) is 0 Å². The fourth-order valence-electron chi connectivity index (χ4n) is 3.38. The Morgan fingerprint density at radius 3 is 2.30 bits per heavy atom. The molecule has 128 valence electrons. The normalized spacial score (nSPS) is 20.6. The van der Waals surface area contributed by atoms with E-state index in [0.717, 1.165) is 37.8 Å². The van der Waals surface area contributed by atoms with E-state index < -0.39 is 0 Å². The highest BCUT2D eigenvalue weighted by molar-refractivity contribution is 5.42. The predicted octanol–water partition coefficient (Wildman–Crippen LogP) is 3.57. The van der Waals surface area contributed by atoms with Crippen molar-refractivity contribution in [3.05, 3.63) is 17.6 Å². The molecule has 2 fully saturated rings. The molecule has 1 saturated carbocycles. The van der Waals surface area contributed by atoms with Crippen LogP contribution in [0.25, 0.3) is 0 Å². The Morgan fingerprint density at radius 2 is 1.78 bits per heavy atom. The van der Waals surface area contributed by atoms with E-state index in [1.165, 1.54) is 37.9 Å². The first-order valence-electron chi connectivity index (χ1n) is 9.34. The molecule has 0 N–H and O–H groups in total. The molecule has 4 nitrogen and oxygen atoms in total. The van der Waals surface area contributed by atoms with Crippen molar-refractivity contribution in [1.29, 1.82) is 0 Å². The van der Waals surface area contributed by atoms with E-state index in [-0.39, 0.29) is 5.41 Å². The monoisotopic (exact) mass is 316 g/mol. The molecule has 0 radical (unpaired) electrons. The van der Waals surface area contributed by atoms with Crippen LogP contribution in [0.4, 0.5) is 5.82 Å². The first-order valence-corrected chi connectivity index (χ1v) is 9.34. The average molecular weight is 316 g/mol. The van der Waals surface area contributed by atoms with E-state index in [0.29, 0.717) is 5.92 Å². The Hall–Kier alpha value is -1.16. The van der Waals surface area contributed by atoms with Crippen LogP contribution in [0.5, 0.6) is 0 Å². The van der Waals surface area contributed by atoms with Crippen molar-refractivity contribution in [1.82, 2.24) is 14.9 Å². The SMILES string of the molecule is CCCN1CCN(c2cc(C3CCC3)nc(C(C)(C)C)n2)CC1. The number of hydrogen-bond donors (Lipinski definition) is 0. The number of aromatic nitrogens is 2. The molecule has 0 aromatic carbocycles. The lowest BCUT2D eigenvalue weighted by atomic mass is 9.82. The maximum Gasteiger partial charge on any atom is 0.136 e. The Bertz CT molecular complexity index is 523. The molecular formula is C19H32N4. The van der Waals surface area contributed by atoms with Gasteiger partial charge in [0.15, 0.2) is 0 Å². The molecule has 0 bridgehead atoms. The van der Waals surface area contributed by atoms with Crippen LogP contribution in [0.15, 0.2) is 6.07 Å². The van der Waals surface area contributed by atoms with Crippen LogP contribution in [0.1, 0.15) is 70.8 Å². The van der Waals surface area contributed by atoms with E-state index in [1.807, 2.05) is 0 Å². The van der Waals surface area contributed by atoms with Crippen LogP contribution in [-0.4, -0.2) is 47.6 Å². The largest absolute Gasteiger partial charge is 0.354 e. The van der Waals surface area contributed by atoms with Gasteiger partial charge in [-0.15, -0.1) is 0 Å². The summed E-state index contributed by atoms with van der Waals surface area (Å²) in [6.07, 6.45) is 5.19. The minimum absolute atomic E-state index is 0.0124. The fraction of sp³-hybridized carbons (Fsp3) is 0.789. The lowest BCUT2D eigenvalue weighted by molar-refractivity contribution is 0.257. The minimum atomic E-state index is 0.0124. The molecule has 0 amide bonds. The molecule has 23 heavy (non-hydrogen) atoms. The van der Waals surface area contributed by atoms with Gasteiger partial charge in [0.1, 0.15) is 11.6 Å². The quantitative estimate of drug-likeness (QED) is 0.850. The molecule has 1 aliphatic heterocycles. The lowest BCUT2D eigenvalue weighted by Gasteiger charge is -2.36. The average Bonchev–Trinajstić information content (AvgIpc) is 2.45. The minimum Gasteiger partial charge on any atom is -0.354 e. The summed E-state index contributed by atoms with van der Waals surface area (Å²) < 4.78 is 0. The van der Waals surface area contributed by atoms with Crippen molar-refractivity contribution in [2.45, 2.75) is 64.7 Å². The van der Waals surface area contributed by atoms with E-state index in [2.05, 4.69) is 43.6 Å². The number of nitrogens with zero attached hydrogens (tertiary/aromatic N) is 4. The van der Waals surface area contributed by atoms with Gasteiger partial charge in [0.2, 0.25) is 0 Å². The van der Waals surface area contributed by atoms with Crippen LogP contribution in [0, 0.1) is 0 Å². The van der Waals surface area contributed by atoms with Gasteiger partial charge in [-0.05, 0) is 25.8 Å². The van der Waals surface area contributed by atoms with Crippen molar-refractivity contribution in [2.24, 2.45) is 0 Å². The molecule has 4 heteroatoms. The van der Waals surface area contributed by atoms with Gasteiger partial charge >= 0.3 is 0 Å². The fourth-order valence-corrected chi connectivity index (χ4v) is 3.38. The maximum atomic E-state index is 4.94. The van der Waals surface area contributed by atoms with Crippen molar-refractivity contribution in [3.63, 3.8) is 0 Å². The molecule has 1 aliphatic carbocycles. The molecular weight excluding hydrogens is 284 g/mol. The highest BCUT2D eigenvalue weighted by Gasteiger charge is 2.27. The number of hydrogen-bond acceptors (Lipinski definition) is 4. The summed E-state index contributed by atoms with van der Waals surface area (Å²) in [6, 6.07) is 2.27. The molecule has 2 heterocycles. The lowest BCUT2D eigenvalue weighted by Crippen LogP contribution is -2.47. The Kier molecular flexibility index (Phi) is 4.90. The smallest absolute Gasteiger partial charge is 0.136 e. The van der Waals surface area contributed by atoms with Crippen LogP contribution in [-0.2, 0) is 5.41 Å². The summed E-state index contributed by atoms with van der Waals surface area (Å²) >= 11 is 0. The molecule has 3 rings (SSSR count). The van der Waals surface area contributed by atoms with E-state index in [4.69, 9.17) is 9.97 Å². The second-order valence-electron chi connectivity index (χ2n) is 8.18. The standard InChI is InChI=1S/C19H32N4/c1-5-9-22-10-12-23(13-11-22)17-14-16(15-7-6-8-15)20-18(21-17)19(2,3)4/h14-15H,5-13H2,1-4H3. The summed E-state index contributed by atoms with van der Waals surface area (Å²) in [5, 5.41) is 0. The van der Waals surface area contributed by atoms with Gasteiger partial charge in [-0.3, -0.25) is 4.90 Å². The van der Waals surface area contributed by atoms with Crippen LogP contribution < -0.4 is 4.90 Å². The molecule has 0 unspecified atom stereocenters. The maximum absolute atomic E-state index is 4.94. The molecule has 1 aromatic rings. The molecule has 0 atom stereocenters. The van der Waals surface area contributed by atoms with Gasteiger partial charge in [0.25, 0.3) is 0 Å². The molecule has 2 aliphatic rings. The van der Waals surface area contributed by atoms with Crippen molar-refractivity contribution >= 4 is 5.82 Å². The van der Waals surface area contributed by atoms with Gasteiger partial charge in [-0.2, -0.15) is 0 Å². The molecule has 1 aromatic heterocycles. The van der Waals surface area contributed by atoms with Crippen molar-refractivity contribution in [2.75, 3.05) is 37.6 Å². The second-order valence-corrected chi connectivity index (χ2v) is 8.18.